The molecule has 1 aliphatic rings. The van der Waals surface area contributed by atoms with E-state index in [9.17, 15) is 4.79 Å². The minimum absolute atomic E-state index is 0.0181. The Labute approximate surface area is 123 Å². The molecular weight excluding hydrogens is 283 g/mol. The molecule has 0 aliphatic heterocycles. The molecule has 5 heteroatoms. The first-order valence-corrected chi connectivity index (χ1v) is 7.17. The second-order valence-electron chi connectivity index (χ2n) is 5.08. The van der Waals surface area contributed by atoms with Crippen molar-refractivity contribution in [2.24, 2.45) is 0 Å². The minimum Gasteiger partial charge on any atom is -0.354 e. The Morgan fingerprint density at radius 2 is 1.95 bits per heavy atom. The van der Waals surface area contributed by atoms with Gasteiger partial charge in [-0.2, -0.15) is 0 Å². The molecule has 1 aromatic carbocycles. The van der Waals surface area contributed by atoms with Gasteiger partial charge in [-0.05, 0) is 38.9 Å². The van der Waals surface area contributed by atoms with Gasteiger partial charge in [0.15, 0.2) is 0 Å². The van der Waals surface area contributed by atoms with Crippen molar-refractivity contribution >= 4 is 29.1 Å². The zero-order valence-electron chi connectivity index (χ0n) is 11.1. The molecule has 0 spiro atoms. The Balaban J connectivity index is 2.17. The number of amides is 1. The van der Waals surface area contributed by atoms with E-state index >= 15 is 0 Å². The van der Waals surface area contributed by atoms with Crippen LogP contribution in [-0.2, 0) is 10.2 Å². The van der Waals surface area contributed by atoms with E-state index < -0.39 is 5.41 Å². The van der Waals surface area contributed by atoms with Crippen LogP contribution in [0.15, 0.2) is 18.2 Å². The van der Waals surface area contributed by atoms with Gasteiger partial charge in [0.05, 0.1) is 5.41 Å². The molecule has 0 bridgehead atoms. The summed E-state index contributed by atoms with van der Waals surface area (Å²) in [6.45, 7) is 2.61. The highest BCUT2D eigenvalue weighted by Gasteiger charge is 2.53. The van der Waals surface area contributed by atoms with E-state index in [0.717, 1.165) is 18.4 Å². The molecular formula is C14H18Cl2N2O. The predicted octanol–water partition coefficient (Wildman–Crippen LogP) is 2.75. The van der Waals surface area contributed by atoms with Gasteiger partial charge in [0, 0.05) is 28.2 Å². The van der Waals surface area contributed by atoms with Crippen LogP contribution in [0.2, 0.25) is 10.0 Å². The molecule has 1 fully saturated rings. The van der Waals surface area contributed by atoms with E-state index in [1.807, 2.05) is 14.0 Å². The normalized spacial score (nSPS) is 17.9. The predicted molar refractivity (Wildman–Crippen MR) is 78.9 cm³/mol. The number of halogens is 2. The average Bonchev–Trinajstić information content (AvgIpc) is 3.16. The third-order valence-electron chi connectivity index (χ3n) is 3.69. The van der Waals surface area contributed by atoms with Crippen LogP contribution in [0.3, 0.4) is 0 Å². The molecule has 1 saturated carbocycles. The number of rotatable bonds is 5. The molecule has 2 N–H and O–H groups in total. The fourth-order valence-electron chi connectivity index (χ4n) is 2.19. The maximum atomic E-state index is 12.4. The molecule has 0 saturated heterocycles. The first kappa shape index (κ1) is 14.6. The van der Waals surface area contributed by atoms with E-state index in [-0.39, 0.29) is 11.9 Å². The molecule has 104 valence electrons. The number of hydrogen-bond acceptors (Lipinski definition) is 2. The maximum Gasteiger partial charge on any atom is 0.230 e. The summed E-state index contributed by atoms with van der Waals surface area (Å²) in [5.74, 6) is 0.0181. The zero-order chi connectivity index (χ0) is 14.0. The van der Waals surface area contributed by atoms with Gasteiger partial charge in [-0.15, -0.1) is 0 Å². The monoisotopic (exact) mass is 300 g/mol. The first-order valence-electron chi connectivity index (χ1n) is 6.41. The Morgan fingerprint density at radius 3 is 2.42 bits per heavy atom. The molecule has 0 heterocycles. The summed E-state index contributed by atoms with van der Waals surface area (Å²) < 4.78 is 0. The van der Waals surface area contributed by atoms with E-state index in [1.165, 1.54) is 0 Å². The summed E-state index contributed by atoms with van der Waals surface area (Å²) in [7, 11) is 1.87. The van der Waals surface area contributed by atoms with Crippen molar-refractivity contribution in [1.29, 1.82) is 0 Å². The van der Waals surface area contributed by atoms with Crippen molar-refractivity contribution in [3.05, 3.63) is 33.8 Å². The Kier molecular flexibility index (Phi) is 4.39. The standard InChI is InChI=1S/C14H18Cl2N2O/c1-9(17-2)8-18-13(19)14(6-7-14)12-10(15)4-3-5-11(12)16/h3-5,9,17H,6-8H2,1-2H3,(H,18,19). The summed E-state index contributed by atoms with van der Waals surface area (Å²) in [6.07, 6.45) is 1.60. The quantitative estimate of drug-likeness (QED) is 0.878. The SMILES string of the molecule is CNC(C)CNC(=O)C1(c2c(Cl)cccc2Cl)CC1. The summed E-state index contributed by atoms with van der Waals surface area (Å²) in [5, 5.41) is 7.20. The fourth-order valence-corrected chi connectivity index (χ4v) is 2.95. The van der Waals surface area contributed by atoms with Gasteiger partial charge in [0.2, 0.25) is 5.91 Å². The number of carbonyl (C=O) groups is 1. The number of nitrogens with one attached hydrogen (secondary N) is 2. The summed E-state index contributed by atoms with van der Waals surface area (Å²) in [5.41, 5.74) is 0.246. The lowest BCUT2D eigenvalue weighted by Crippen LogP contribution is -2.42. The number of hydrogen-bond donors (Lipinski definition) is 2. The lowest BCUT2D eigenvalue weighted by Gasteiger charge is -2.20. The molecule has 19 heavy (non-hydrogen) atoms. The molecule has 1 aliphatic carbocycles. The van der Waals surface area contributed by atoms with E-state index in [4.69, 9.17) is 23.2 Å². The fraction of sp³-hybridized carbons (Fsp3) is 0.500. The van der Waals surface area contributed by atoms with Crippen molar-refractivity contribution in [2.75, 3.05) is 13.6 Å². The summed E-state index contributed by atoms with van der Waals surface area (Å²) in [6, 6.07) is 5.60. The second-order valence-corrected chi connectivity index (χ2v) is 5.89. The third kappa shape index (κ3) is 2.88. The second kappa shape index (κ2) is 5.70. The van der Waals surface area contributed by atoms with Crippen LogP contribution in [-0.4, -0.2) is 25.5 Å². The van der Waals surface area contributed by atoms with Crippen molar-refractivity contribution in [3.8, 4) is 0 Å². The molecule has 1 unspecified atom stereocenters. The van der Waals surface area contributed by atoms with Crippen LogP contribution in [0.4, 0.5) is 0 Å². The lowest BCUT2D eigenvalue weighted by atomic mass is 9.94. The highest BCUT2D eigenvalue weighted by Crippen LogP contribution is 2.53. The molecule has 1 amide bonds. The van der Waals surface area contributed by atoms with Gasteiger partial charge in [0.1, 0.15) is 0 Å². The Morgan fingerprint density at radius 1 is 1.37 bits per heavy atom. The highest BCUT2D eigenvalue weighted by molar-refractivity contribution is 6.36. The molecule has 2 rings (SSSR count). The highest BCUT2D eigenvalue weighted by atomic mass is 35.5. The van der Waals surface area contributed by atoms with E-state index in [1.54, 1.807) is 18.2 Å². The van der Waals surface area contributed by atoms with Gasteiger partial charge < -0.3 is 10.6 Å². The van der Waals surface area contributed by atoms with Crippen LogP contribution in [0.1, 0.15) is 25.3 Å². The van der Waals surface area contributed by atoms with Crippen molar-refractivity contribution in [1.82, 2.24) is 10.6 Å². The smallest absolute Gasteiger partial charge is 0.230 e. The topological polar surface area (TPSA) is 41.1 Å². The molecule has 0 radical (unpaired) electrons. The molecule has 0 aromatic heterocycles. The van der Waals surface area contributed by atoms with Gasteiger partial charge >= 0.3 is 0 Å². The number of benzene rings is 1. The van der Waals surface area contributed by atoms with Crippen molar-refractivity contribution < 1.29 is 4.79 Å². The average molecular weight is 301 g/mol. The van der Waals surface area contributed by atoms with Crippen LogP contribution < -0.4 is 10.6 Å². The molecule has 1 aromatic rings. The van der Waals surface area contributed by atoms with Crippen molar-refractivity contribution in [2.45, 2.75) is 31.2 Å². The summed E-state index contributed by atoms with van der Waals surface area (Å²) in [4.78, 5) is 12.4. The number of likely N-dealkylation sites (N-methyl/N-ethyl adjacent to an activating group) is 1. The van der Waals surface area contributed by atoms with E-state index in [0.29, 0.717) is 16.6 Å². The first-order chi connectivity index (χ1) is 9.01. The van der Waals surface area contributed by atoms with Crippen LogP contribution in [0, 0.1) is 0 Å². The largest absolute Gasteiger partial charge is 0.354 e. The van der Waals surface area contributed by atoms with Gasteiger partial charge in [0.25, 0.3) is 0 Å². The van der Waals surface area contributed by atoms with Gasteiger partial charge in [-0.25, -0.2) is 0 Å². The molecule has 3 nitrogen and oxygen atoms in total. The maximum absolute atomic E-state index is 12.4. The van der Waals surface area contributed by atoms with Crippen LogP contribution in [0.5, 0.6) is 0 Å². The third-order valence-corrected chi connectivity index (χ3v) is 4.32. The minimum atomic E-state index is -0.525. The number of carbonyl (C=O) groups excluding carboxylic acids is 1. The molecule has 1 atom stereocenters. The lowest BCUT2D eigenvalue weighted by molar-refractivity contribution is -0.123. The van der Waals surface area contributed by atoms with Crippen LogP contribution in [0.25, 0.3) is 0 Å². The Bertz CT molecular complexity index is 466. The van der Waals surface area contributed by atoms with Crippen molar-refractivity contribution in [3.63, 3.8) is 0 Å². The zero-order valence-corrected chi connectivity index (χ0v) is 12.6. The Hall–Kier alpha value is -0.770. The van der Waals surface area contributed by atoms with E-state index in [2.05, 4.69) is 10.6 Å². The van der Waals surface area contributed by atoms with Crippen LogP contribution >= 0.6 is 23.2 Å². The van der Waals surface area contributed by atoms with Gasteiger partial charge in [-0.1, -0.05) is 29.3 Å². The van der Waals surface area contributed by atoms with Gasteiger partial charge in [-0.3, -0.25) is 4.79 Å². The summed E-state index contributed by atoms with van der Waals surface area (Å²) >= 11 is 12.4.